The zero-order valence-corrected chi connectivity index (χ0v) is 26.0. The molecule has 0 saturated carbocycles. The van der Waals surface area contributed by atoms with Crippen molar-refractivity contribution in [3.8, 4) is 5.75 Å². The van der Waals surface area contributed by atoms with Crippen molar-refractivity contribution in [2.45, 2.75) is 58.5 Å². The Kier molecular flexibility index (Phi) is 11.5. The van der Waals surface area contributed by atoms with Crippen molar-refractivity contribution < 1.29 is 33.3 Å². The monoisotopic (exact) mass is 630 g/mol. The number of carbonyl (C=O) groups is 3. The van der Waals surface area contributed by atoms with Crippen LogP contribution in [-0.2, 0) is 28.6 Å². The average molecular weight is 632 g/mol. The molecule has 4 rings (SSSR count). The fraction of sp³-hybridized carbons (Fsp3) is 0.406. The highest BCUT2D eigenvalue weighted by Crippen LogP contribution is 2.44. The summed E-state index contributed by atoms with van der Waals surface area (Å²) in [5, 5.41) is 6.53. The van der Waals surface area contributed by atoms with Crippen molar-refractivity contribution in [2.24, 2.45) is 0 Å². The molecule has 2 unspecified atom stereocenters. The predicted octanol–water partition coefficient (Wildman–Crippen LogP) is 6.31. The molecule has 2 aromatic carbocycles. The second kappa shape index (κ2) is 15.3. The lowest BCUT2D eigenvalue weighted by Crippen LogP contribution is -2.35. The Labute approximate surface area is 261 Å². The SMILES string of the molecule is CCC1=C(C(=O)OCCOc2ccc(NC(C)=O)cc2)C(c2cccc(Cl)c2Cl)C(C(=O)OCC2CCCO2)=C(CC)N1. The van der Waals surface area contributed by atoms with Crippen LogP contribution in [0.1, 0.15) is 57.9 Å². The Morgan fingerprint density at radius 3 is 2.23 bits per heavy atom. The molecule has 1 fully saturated rings. The summed E-state index contributed by atoms with van der Waals surface area (Å²) < 4.78 is 22.8. The van der Waals surface area contributed by atoms with Gasteiger partial charge in [-0.3, -0.25) is 4.79 Å². The van der Waals surface area contributed by atoms with Crippen LogP contribution in [-0.4, -0.2) is 50.4 Å². The van der Waals surface area contributed by atoms with E-state index in [0.29, 0.717) is 52.9 Å². The second-order valence-corrected chi connectivity index (χ2v) is 10.9. The van der Waals surface area contributed by atoms with Crippen molar-refractivity contribution in [3.05, 3.63) is 80.6 Å². The van der Waals surface area contributed by atoms with Crippen molar-refractivity contribution >= 4 is 46.7 Å². The van der Waals surface area contributed by atoms with Crippen LogP contribution in [0.3, 0.4) is 0 Å². The van der Waals surface area contributed by atoms with Gasteiger partial charge in [0.1, 0.15) is 25.6 Å². The fourth-order valence-corrected chi connectivity index (χ4v) is 5.55. The predicted molar refractivity (Wildman–Crippen MR) is 164 cm³/mol. The van der Waals surface area contributed by atoms with E-state index in [0.717, 1.165) is 12.8 Å². The summed E-state index contributed by atoms with van der Waals surface area (Å²) in [6.45, 7) is 6.05. The molecule has 2 N–H and O–H groups in total. The summed E-state index contributed by atoms with van der Waals surface area (Å²) >= 11 is 13.1. The number of ether oxygens (including phenoxy) is 4. The molecule has 11 heteroatoms. The van der Waals surface area contributed by atoms with Gasteiger partial charge in [-0.15, -0.1) is 0 Å². The van der Waals surface area contributed by atoms with Gasteiger partial charge >= 0.3 is 11.9 Å². The van der Waals surface area contributed by atoms with Crippen LogP contribution < -0.4 is 15.4 Å². The molecular formula is C32H36Cl2N2O7. The first-order valence-electron chi connectivity index (χ1n) is 14.4. The first-order valence-corrected chi connectivity index (χ1v) is 15.1. The van der Waals surface area contributed by atoms with Crippen LogP contribution in [0, 0.1) is 0 Å². The van der Waals surface area contributed by atoms with Crippen molar-refractivity contribution in [2.75, 3.05) is 31.7 Å². The van der Waals surface area contributed by atoms with Gasteiger partial charge in [-0.2, -0.15) is 0 Å². The summed E-state index contributed by atoms with van der Waals surface area (Å²) in [5.41, 5.74) is 2.94. The topological polar surface area (TPSA) is 112 Å². The van der Waals surface area contributed by atoms with Gasteiger partial charge in [0.25, 0.3) is 0 Å². The van der Waals surface area contributed by atoms with Crippen LogP contribution in [0.5, 0.6) is 5.75 Å². The molecule has 2 aliphatic rings. The molecule has 230 valence electrons. The van der Waals surface area contributed by atoms with E-state index in [1.807, 2.05) is 13.8 Å². The number of nitrogens with one attached hydrogen (secondary N) is 2. The maximum Gasteiger partial charge on any atom is 0.336 e. The van der Waals surface area contributed by atoms with Gasteiger partial charge in [-0.25, -0.2) is 9.59 Å². The van der Waals surface area contributed by atoms with Gasteiger partial charge in [-0.1, -0.05) is 49.2 Å². The van der Waals surface area contributed by atoms with Crippen molar-refractivity contribution in [3.63, 3.8) is 0 Å². The Morgan fingerprint density at radius 2 is 1.63 bits per heavy atom. The standard InChI is InChI=1S/C32H36Cl2N2O7/c1-4-25-28(31(38)42-17-16-41-21-13-11-20(12-14-21)35-19(3)37)27(23-9-6-10-24(33)30(23)34)29(26(5-2)36-25)32(39)43-18-22-8-7-15-40-22/h6,9-14,22,27,36H,4-5,7-8,15-18H2,1-3H3,(H,35,37). The van der Waals surface area contributed by atoms with Crippen molar-refractivity contribution in [1.82, 2.24) is 5.32 Å². The number of carbonyl (C=O) groups excluding carboxylic acids is 3. The Morgan fingerprint density at radius 1 is 0.953 bits per heavy atom. The number of esters is 2. The summed E-state index contributed by atoms with van der Waals surface area (Å²) in [6, 6.07) is 12.0. The number of allylic oxidation sites excluding steroid dienone is 2. The molecule has 0 aliphatic carbocycles. The number of rotatable bonds is 12. The third-order valence-corrected chi connectivity index (χ3v) is 7.99. The minimum absolute atomic E-state index is 0.0497. The van der Waals surface area contributed by atoms with Gasteiger partial charge in [0, 0.05) is 30.6 Å². The van der Waals surface area contributed by atoms with Gasteiger partial charge in [-0.05, 0) is 61.6 Å². The fourth-order valence-electron chi connectivity index (χ4n) is 5.14. The quantitative estimate of drug-likeness (QED) is 0.207. The summed E-state index contributed by atoms with van der Waals surface area (Å²) in [5.74, 6) is -1.67. The number of hydrogen-bond donors (Lipinski definition) is 2. The molecule has 2 aliphatic heterocycles. The van der Waals surface area contributed by atoms with E-state index in [2.05, 4.69) is 10.6 Å². The highest BCUT2D eigenvalue weighted by molar-refractivity contribution is 6.42. The maximum atomic E-state index is 13.7. The lowest BCUT2D eigenvalue weighted by atomic mass is 9.79. The molecule has 2 atom stereocenters. The van der Waals surface area contributed by atoms with Crippen molar-refractivity contribution in [1.29, 1.82) is 0 Å². The molecular weight excluding hydrogens is 595 g/mol. The molecule has 43 heavy (non-hydrogen) atoms. The average Bonchev–Trinajstić information content (AvgIpc) is 3.52. The number of hydrogen-bond acceptors (Lipinski definition) is 8. The molecule has 0 aromatic heterocycles. The zero-order valence-electron chi connectivity index (χ0n) is 24.5. The zero-order chi connectivity index (χ0) is 30.9. The minimum Gasteiger partial charge on any atom is -0.490 e. The van der Waals surface area contributed by atoms with Crippen LogP contribution in [0.15, 0.2) is 65.0 Å². The highest BCUT2D eigenvalue weighted by Gasteiger charge is 2.40. The normalized spacial score (nSPS) is 18.3. The Bertz CT molecular complexity index is 1400. The first-order chi connectivity index (χ1) is 20.7. The first kappa shape index (κ1) is 32.4. The molecule has 1 saturated heterocycles. The number of benzene rings is 2. The van der Waals surface area contributed by atoms with Crippen LogP contribution in [0.4, 0.5) is 5.69 Å². The Hall–Kier alpha value is -3.53. The van der Waals surface area contributed by atoms with Gasteiger partial charge in [0.05, 0.1) is 33.2 Å². The number of amides is 1. The molecule has 0 spiro atoms. The highest BCUT2D eigenvalue weighted by atomic mass is 35.5. The molecule has 2 aromatic rings. The van der Waals surface area contributed by atoms with Gasteiger partial charge in [0.15, 0.2) is 0 Å². The van der Waals surface area contributed by atoms with Gasteiger partial charge in [0.2, 0.25) is 5.91 Å². The van der Waals surface area contributed by atoms with E-state index in [1.54, 1.807) is 42.5 Å². The minimum atomic E-state index is -0.871. The lowest BCUT2D eigenvalue weighted by molar-refractivity contribution is -0.142. The number of halogens is 2. The molecule has 2 heterocycles. The molecule has 0 bridgehead atoms. The molecule has 0 radical (unpaired) electrons. The van der Waals surface area contributed by atoms with E-state index in [-0.39, 0.29) is 48.0 Å². The maximum absolute atomic E-state index is 13.7. The smallest absolute Gasteiger partial charge is 0.336 e. The van der Waals surface area contributed by atoms with Crippen LogP contribution in [0.25, 0.3) is 0 Å². The third kappa shape index (κ3) is 8.10. The van der Waals surface area contributed by atoms with E-state index < -0.39 is 17.9 Å². The lowest BCUT2D eigenvalue weighted by Gasteiger charge is -2.33. The number of anilines is 1. The van der Waals surface area contributed by atoms with Crippen LogP contribution in [0.2, 0.25) is 10.0 Å². The number of dihydropyridines is 1. The van der Waals surface area contributed by atoms with E-state index in [9.17, 15) is 14.4 Å². The summed E-state index contributed by atoms with van der Waals surface area (Å²) in [7, 11) is 0. The molecule has 9 nitrogen and oxygen atoms in total. The van der Waals surface area contributed by atoms with E-state index in [1.165, 1.54) is 6.92 Å². The summed E-state index contributed by atoms with van der Waals surface area (Å²) in [4.78, 5) is 38.7. The van der Waals surface area contributed by atoms with E-state index >= 15 is 0 Å². The Balaban J connectivity index is 1.57. The largest absolute Gasteiger partial charge is 0.490 e. The third-order valence-electron chi connectivity index (χ3n) is 7.15. The van der Waals surface area contributed by atoms with E-state index in [4.69, 9.17) is 42.1 Å². The summed E-state index contributed by atoms with van der Waals surface area (Å²) in [6.07, 6.45) is 2.52. The van der Waals surface area contributed by atoms with Gasteiger partial charge < -0.3 is 29.6 Å². The van der Waals surface area contributed by atoms with Crippen LogP contribution >= 0.6 is 23.2 Å². The second-order valence-electron chi connectivity index (χ2n) is 10.1. The molecule has 1 amide bonds.